The van der Waals surface area contributed by atoms with Crippen LogP contribution >= 0.6 is 0 Å². The van der Waals surface area contributed by atoms with Crippen LogP contribution in [0.3, 0.4) is 0 Å². The fourth-order valence-corrected chi connectivity index (χ4v) is 1.84. The summed E-state index contributed by atoms with van der Waals surface area (Å²) in [4.78, 5) is 12.3. The number of rotatable bonds is 3. The van der Waals surface area contributed by atoms with Gasteiger partial charge in [0.05, 0.1) is 5.56 Å². The molecule has 6 heteroatoms. The normalized spacial score (nSPS) is 11.2. The largest absolute Gasteiger partial charge is 0.573 e. The number of aryl methyl sites for hydroxylation is 1. The molecule has 21 heavy (non-hydrogen) atoms. The Balaban J connectivity index is 2.41. The first-order valence-electron chi connectivity index (χ1n) is 6.03. The van der Waals surface area contributed by atoms with E-state index in [-0.39, 0.29) is 11.1 Å². The Labute approximate surface area is 119 Å². The summed E-state index contributed by atoms with van der Waals surface area (Å²) in [6, 6.07) is 9.76. The number of benzene rings is 2. The third-order valence-corrected chi connectivity index (χ3v) is 2.89. The topological polar surface area (TPSA) is 52.3 Å². The minimum atomic E-state index is -4.85. The van der Waals surface area contributed by atoms with Crippen molar-refractivity contribution in [3.8, 4) is 5.75 Å². The summed E-state index contributed by atoms with van der Waals surface area (Å²) >= 11 is 0. The number of hydrogen-bond acceptors (Lipinski definition) is 3. The van der Waals surface area contributed by atoms with E-state index in [1.807, 2.05) is 0 Å². The fraction of sp³-hybridized carbons (Fsp3) is 0.133. The van der Waals surface area contributed by atoms with Crippen molar-refractivity contribution in [1.29, 1.82) is 0 Å². The van der Waals surface area contributed by atoms with E-state index >= 15 is 0 Å². The molecule has 0 saturated carbocycles. The highest BCUT2D eigenvalue weighted by molar-refractivity contribution is 6.11. The van der Waals surface area contributed by atoms with Crippen molar-refractivity contribution < 1.29 is 22.7 Å². The zero-order valence-corrected chi connectivity index (χ0v) is 11.1. The predicted octanol–water partition coefficient (Wildman–Crippen LogP) is 3.71. The van der Waals surface area contributed by atoms with E-state index in [0.29, 0.717) is 11.3 Å². The van der Waals surface area contributed by atoms with Gasteiger partial charge in [-0.05, 0) is 42.8 Å². The van der Waals surface area contributed by atoms with Gasteiger partial charge in [-0.2, -0.15) is 0 Å². The lowest BCUT2D eigenvalue weighted by Gasteiger charge is -2.12. The lowest BCUT2D eigenvalue weighted by molar-refractivity contribution is -0.274. The molecule has 2 aromatic carbocycles. The summed E-state index contributed by atoms with van der Waals surface area (Å²) in [7, 11) is 0. The second kappa shape index (κ2) is 5.47. The van der Waals surface area contributed by atoms with E-state index in [0.717, 1.165) is 6.07 Å². The summed E-state index contributed by atoms with van der Waals surface area (Å²) in [6.07, 6.45) is -4.85. The fourth-order valence-electron chi connectivity index (χ4n) is 1.84. The maximum Gasteiger partial charge on any atom is 0.573 e. The van der Waals surface area contributed by atoms with Crippen molar-refractivity contribution in [2.45, 2.75) is 13.3 Å². The molecular formula is C15H12F3NO2. The molecule has 0 aliphatic heterocycles. The summed E-state index contributed by atoms with van der Waals surface area (Å²) in [6.45, 7) is 1.71. The molecule has 0 atom stereocenters. The van der Waals surface area contributed by atoms with Crippen molar-refractivity contribution >= 4 is 11.5 Å². The summed E-state index contributed by atoms with van der Waals surface area (Å²) in [5.41, 5.74) is 6.93. The van der Waals surface area contributed by atoms with Gasteiger partial charge in [0.15, 0.2) is 5.78 Å². The van der Waals surface area contributed by atoms with Crippen LogP contribution in [0.4, 0.5) is 18.9 Å². The van der Waals surface area contributed by atoms with Crippen molar-refractivity contribution in [1.82, 2.24) is 0 Å². The van der Waals surface area contributed by atoms with E-state index < -0.39 is 17.9 Å². The van der Waals surface area contributed by atoms with Gasteiger partial charge in [0.1, 0.15) is 5.75 Å². The first-order chi connectivity index (χ1) is 9.78. The van der Waals surface area contributed by atoms with E-state index in [9.17, 15) is 18.0 Å². The molecule has 110 valence electrons. The van der Waals surface area contributed by atoms with Gasteiger partial charge < -0.3 is 10.5 Å². The molecule has 0 unspecified atom stereocenters. The number of ketones is 1. The summed E-state index contributed by atoms with van der Waals surface area (Å²) < 4.78 is 40.9. The zero-order chi connectivity index (χ0) is 15.6. The van der Waals surface area contributed by atoms with E-state index in [2.05, 4.69) is 4.74 Å². The lowest BCUT2D eigenvalue weighted by atomic mass is 10.0. The second-order valence-electron chi connectivity index (χ2n) is 4.44. The minimum Gasteiger partial charge on any atom is -0.405 e. The van der Waals surface area contributed by atoms with E-state index in [1.54, 1.807) is 6.92 Å². The molecule has 3 nitrogen and oxygen atoms in total. The molecule has 2 N–H and O–H groups in total. The first kappa shape index (κ1) is 14.9. The van der Waals surface area contributed by atoms with Crippen molar-refractivity contribution in [2.75, 3.05) is 5.73 Å². The highest BCUT2D eigenvalue weighted by Gasteiger charge is 2.32. The van der Waals surface area contributed by atoms with Crippen LogP contribution in [0.15, 0.2) is 42.5 Å². The molecule has 0 bridgehead atoms. The molecule has 0 aliphatic rings. The standard InChI is InChI=1S/C15H12F3NO2/c1-9-8-10(6-7-12(9)19)14(20)11-4-2-3-5-13(11)21-15(16,17)18/h2-8H,19H2,1H3. The van der Waals surface area contributed by atoms with Gasteiger partial charge in [0.25, 0.3) is 0 Å². The molecule has 0 fully saturated rings. The Hall–Kier alpha value is -2.50. The van der Waals surface area contributed by atoms with Gasteiger partial charge >= 0.3 is 6.36 Å². The number of alkyl halides is 3. The molecule has 0 spiro atoms. The average molecular weight is 295 g/mol. The van der Waals surface area contributed by atoms with Crippen LogP contribution in [0, 0.1) is 6.92 Å². The van der Waals surface area contributed by atoms with Crippen LogP contribution in [0.2, 0.25) is 0 Å². The van der Waals surface area contributed by atoms with Gasteiger partial charge in [0, 0.05) is 11.3 Å². The third kappa shape index (κ3) is 3.53. The van der Waals surface area contributed by atoms with Crippen LogP contribution in [0.5, 0.6) is 5.75 Å². The number of hydrogen-bond donors (Lipinski definition) is 1. The number of nitrogens with two attached hydrogens (primary N) is 1. The van der Waals surface area contributed by atoms with Crippen LogP contribution < -0.4 is 10.5 Å². The Morgan fingerprint density at radius 2 is 1.81 bits per heavy atom. The Morgan fingerprint density at radius 1 is 1.14 bits per heavy atom. The number of carbonyl (C=O) groups is 1. The summed E-state index contributed by atoms with van der Waals surface area (Å²) in [5.74, 6) is -1.08. The number of ether oxygens (including phenoxy) is 1. The van der Waals surface area contributed by atoms with Gasteiger partial charge in [-0.3, -0.25) is 4.79 Å². The molecule has 2 rings (SSSR count). The molecule has 0 aromatic heterocycles. The average Bonchev–Trinajstić information content (AvgIpc) is 2.40. The SMILES string of the molecule is Cc1cc(C(=O)c2ccccc2OC(F)(F)F)ccc1N. The Kier molecular flexibility index (Phi) is 3.88. The maximum absolute atomic E-state index is 12.4. The lowest BCUT2D eigenvalue weighted by Crippen LogP contribution is -2.19. The number of nitrogen functional groups attached to an aromatic ring is 1. The predicted molar refractivity (Wildman–Crippen MR) is 72.1 cm³/mol. The summed E-state index contributed by atoms with van der Waals surface area (Å²) in [5, 5.41) is 0. The number of anilines is 1. The van der Waals surface area contributed by atoms with Crippen molar-refractivity contribution in [3.05, 3.63) is 59.2 Å². The van der Waals surface area contributed by atoms with Crippen molar-refractivity contribution in [3.63, 3.8) is 0 Å². The number of para-hydroxylation sites is 1. The van der Waals surface area contributed by atoms with Crippen LogP contribution in [-0.2, 0) is 0 Å². The zero-order valence-electron chi connectivity index (χ0n) is 11.1. The molecule has 0 aliphatic carbocycles. The Bertz CT molecular complexity index is 681. The van der Waals surface area contributed by atoms with Gasteiger partial charge in [-0.1, -0.05) is 12.1 Å². The Morgan fingerprint density at radius 3 is 2.43 bits per heavy atom. The molecule has 0 saturated heterocycles. The van der Waals surface area contributed by atoms with Crippen molar-refractivity contribution in [2.24, 2.45) is 0 Å². The smallest absolute Gasteiger partial charge is 0.405 e. The van der Waals surface area contributed by atoms with E-state index in [1.165, 1.54) is 36.4 Å². The highest BCUT2D eigenvalue weighted by atomic mass is 19.4. The first-order valence-corrected chi connectivity index (χ1v) is 6.03. The molecule has 0 radical (unpaired) electrons. The van der Waals surface area contributed by atoms with Gasteiger partial charge in [-0.25, -0.2) is 0 Å². The van der Waals surface area contributed by atoms with Gasteiger partial charge in [0.2, 0.25) is 0 Å². The van der Waals surface area contributed by atoms with E-state index in [4.69, 9.17) is 5.73 Å². The monoisotopic (exact) mass is 295 g/mol. The molecule has 2 aromatic rings. The van der Waals surface area contributed by atoms with Crippen LogP contribution in [-0.4, -0.2) is 12.1 Å². The third-order valence-electron chi connectivity index (χ3n) is 2.89. The quantitative estimate of drug-likeness (QED) is 0.693. The second-order valence-corrected chi connectivity index (χ2v) is 4.44. The number of halogens is 3. The minimum absolute atomic E-state index is 0.154. The van der Waals surface area contributed by atoms with Crippen LogP contribution in [0.25, 0.3) is 0 Å². The molecule has 0 heterocycles. The van der Waals surface area contributed by atoms with Crippen LogP contribution in [0.1, 0.15) is 21.5 Å². The number of carbonyl (C=O) groups excluding carboxylic acids is 1. The van der Waals surface area contributed by atoms with Gasteiger partial charge in [-0.15, -0.1) is 13.2 Å². The molecular weight excluding hydrogens is 283 g/mol. The maximum atomic E-state index is 12.4. The highest BCUT2D eigenvalue weighted by Crippen LogP contribution is 2.28. The molecule has 0 amide bonds.